The molecule has 62 heavy (non-hydrogen) atoms. The molecule has 1 aliphatic rings. The van der Waals surface area contributed by atoms with Crippen LogP contribution in [0.25, 0.3) is 55.6 Å². The first-order valence-corrected chi connectivity index (χ1v) is 21.4. The van der Waals surface area contributed by atoms with Gasteiger partial charge < -0.3 is 4.90 Å². The number of benzene rings is 10. The molecule has 0 N–H and O–H groups in total. The molecule has 0 saturated heterocycles. The van der Waals surface area contributed by atoms with Gasteiger partial charge in [0.1, 0.15) is 0 Å². The van der Waals surface area contributed by atoms with E-state index in [1.807, 2.05) is 0 Å². The molecule has 1 atom stereocenters. The van der Waals surface area contributed by atoms with Gasteiger partial charge in [-0.2, -0.15) is 0 Å². The smallest absolute Gasteiger partial charge is 0.0713 e. The summed E-state index contributed by atoms with van der Waals surface area (Å²) < 4.78 is 0. The molecule has 10 aromatic carbocycles. The molecule has 1 aliphatic carbocycles. The minimum absolute atomic E-state index is 0.511. The van der Waals surface area contributed by atoms with E-state index in [9.17, 15) is 0 Å². The number of hydrogen-bond acceptors (Lipinski definition) is 1. The maximum Gasteiger partial charge on any atom is 0.0713 e. The Morgan fingerprint density at radius 2 is 0.629 bits per heavy atom. The second kappa shape index (κ2) is 15.9. The Labute approximate surface area is 364 Å². The first-order valence-electron chi connectivity index (χ1n) is 21.4. The quantitative estimate of drug-likeness (QED) is 0.141. The van der Waals surface area contributed by atoms with E-state index in [2.05, 4.69) is 266 Å². The SMILES string of the molecule is c1ccc(-c2ccc(N(c3ccc(-c4ccccc4)cc3)c3cccc(-c4cccc5c4-c4ccccc4C5(c4ccccc4)c4ccc(-c5ccccc5)cc4)c3)cc2)cc1. The van der Waals surface area contributed by atoms with Gasteiger partial charge in [-0.3, -0.25) is 0 Å². The average molecular weight is 790 g/mol. The van der Waals surface area contributed by atoms with E-state index in [-0.39, 0.29) is 0 Å². The van der Waals surface area contributed by atoms with Crippen LogP contribution in [0.2, 0.25) is 0 Å². The maximum absolute atomic E-state index is 2.38. The van der Waals surface area contributed by atoms with Crippen LogP contribution in [0.15, 0.2) is 261 Å². The number of rotatable bonds is 9. The summed E-state index contributed by atoms with van der Waals surface area (Å²) in [5, 5.41) is 0. The fourth-order valence-corrected chi connectivity index (χ4v) is 9.72. The second-order valence-corrected chi connectivity index (χ2v) is 16.0. The van der Waals surface area contributed by atoms with Crippen LogP contribution in [0.4, 0.5) is 17.1 Å². The van der Waals surface area contributed by atoms with E-state index in [0.29, 0.717) is 0 Å². The second-order valence-electron chi connectivity index (χ2n) is 16.0. The zero-order chi connectivity index (χ0) is 41.3. The van der Waals surface area contributed by atoms with Crippen molar-refractivity contribution in [1.82, 2.24) is 0 Å². The highest BCUT2D eigenvalue weighted by atomic mass is 15.1. The van der Waals surface area contributed by atoms with Crippen LogP contribution < -0.4 is 4.90 Å². The zero-order valence-electron chi connectivity index (χ0n) is 34.3. The Hall–Kier alpha value is -8.00. The van der Waals surface area contributed by atoms with Gasteiger partial charge >= 0.3 is 0 Å². The van der Waals surface area contributed by atoms with Crippen molar-refractivity contribution >= 4 is 17.1 Å². The van der Waals surface area contributed by atoms with E-state index in [1.54, 1.807) is 0 Å². The van der Waals surface area contributed by atoms with Crippen LogP contribution in [0, 0.1) is 0 Å². The monoisotopic (exact) mass is 789 g/mol. The number of hydrogen-bond donors (Lipinski definition) is 0. The van der Waals surface area contributed by atoms with Crippen molar-refractivity contribution in [3.05, 3.63) is 283 Å². The van der Waals surface area contributed by atoms with Crippen molar-refractivity contribution in [3.63, 3.8) is 0 Å². The minimum Gasteiger partial charge on any atom is -0.310 e. The molecule has 0 aliphatic heterocycles. The van der Waals surface area contributed by atoms with Gasteiger partial charge in [-0.05, 0) is 114 Å². The van der Waals surface area contributed by atoms with E-state index in [4.69, 9.17) is 0 Å². The third-order valence-corrected chi connectivity index (χ3v) is 12.6. The summed E-state index contributed by atoms with van der Waals surface area (Å²) in [5.41, 5.74) is 20.0. The summed E-state index contributed by atoms with van der Waals surface area (Å²) in [6.45, 7) is 0. The lowest BCUT2D eigenvalue weighted by molar-refractivity contribution is 0.769. The van der Waals surface area contributed by atoms with Crippen molar-refractivity contribution in [3.8, 4) is 55.6 Å². The van der Waals surface area contributed by atoms with Crippen LogP contribution in [0.1, 0.15) is 22.3 Å². The molecule has 0 aromatic heterocycles. The largest absolute Gasteiger partial charge is 0.310 e. The van der Waals surface area contributed by atoms with Crippen molar-refractivity contribution in [1.29, 1.82) is 0 Å². The van der Waals surface area contributed by atoms with Crippen LogP contribution in [0.5, 0.6) is 0 Å². The summed E-state index contributed by atoms with van der Waals surface area (Å²) in [5.74, 6) is 0. The van der Waals surface area contributed by atoms with Gasteiger partial charge in [0.05, 0.1) is 5.41 Å². The normalized spacial score (nSPS) is 13.9. The highest BCUT2D eigenvalue weighted by molar-refractivity contribution is 5.96. The Balaban J connectivity index is 1.07. The predicted octanol–water partition coefficient (Wildman–Crippen LogP) is 16.2. The van der Waals surface area contributed by atoms with E-state index in [0.717, 1.165) is 17.1 Å². The van der Waals surface area contributed by atoms with Gasteiger partial charge in [-0.15, -0.1) is 0 Å². The topological polar surface area (TPSA) is 3.24 Å². The average Bonchev–Trinajstić information content (AvgIpc) is 3.67. The minimum atomic E-state index is -0.511. The molecule has 0 spiro atoms. The summed E-state index contributed by atoms with van der Waals surface area (Å²) in [7, 11) is 0. The molecule has 1 unspecified atom stereocenters. The van der Waals surface area contributed by atoms with E-state index >= 15 is 0 Å². The molecule has 0 saturated carbocycles. The fraction of sp³-hybridized carbons (Fsp3) is 0.0164. The molecule has 0 fully saturated rings. The third-order valence-electron chi connectivity index (χ3n) is 12.6. The third kappa shape index (κ3) is 6.43. The van der Waals surface area contributed by atoms with E-state index < -0.39 is 5.41 Å². The van der Waals surface area contributed by atoms with Crippen LogP contribution in [-0.4, -0.2) is 0 Å². The summed E-state index contributed by atoms with van der Waals surface area (Å²) in [6.07, 6.45) is 0. The molecule has 0 radical (unpaired) electrons. The van der Waals surface area contributed by atoms with Gasteiger partial charge in [0.15, 0.2) is 0 Å². The lowest BCUT2D eigenvalue weighted by Crippen LogP contribution is -2.28. The molecular weight excluding hydrogens is 747 g/mol. The number of fused-ring (bicyclic) bond motifs is 3. The Bertz CT molecular complexity index is 3040. The molecule has 0 heterocycles. The molecule has 0 amide bonds. The number of anilines is 3. The highest BCUT2D eigenvalue weighted by Gasteiger charge is 2.46. The van der Waals surface area contributed by atoms with Gasteiger partial charge in [-0.25, -0.2) is 0 Å². The van der Waals surface area contributed by atoms with Gasteiger partial charge in [0, 0.05) is 17.1 Å². The molecule has 292 valence electrons. The molecule has 1 heteroatoms. The maximum atomic E-state index is 2.38. The Kier molecular flexibility index (Phi) is 9.48. The molecule has 10 aromatic rings. The zero-order valence-corrected chi connectivity index (χ0v) is 34.3. The standard InChI is InChI=1S/C61H43N/c1-5-17-44(18-6-1)47-31-37-52(38-32-47)61(51-24-11-4-12-25-51)58-29-14-13-27-57(58)60-56(28-16-30-59(60)61)50-23-15-26-55(43-50)62(53-39-33-48(34-40-53)45-19-7-2-8-20-45)54-41-35-49(36-42-54)46-21-9-3-10-22-46/h1-43H. The van der Waals surface area contributed by atoms with Crippen molar-refractivity contribution in [2.45, 2.75) is 5.41 Å². The summed E-state index contributed by atoms with van der Waals surface area (Å²) in [6, 6.07) is 95.2. The first-order chi connectivity index (χ1) is 30.8. The fourth-order valence-electron chi connectivity index (χ4n) is 9.72. The lowest BCUT2D eigenvalue weighted by atomic mass is 9.67. The first kappa shape index (κ1) is 37.0. The van der Waals surface area contributed by atoms with Gasteiger partial charge in [0.25, 0.3) is 0 Å². The highest BCUT2D eigenvalue weighted by Crippen LogP contribution is 2.58. The van der Waals surface area contributed by atoms with Crippen molar-refractivity contribution < 1.29 is 0 Å². The van der Waals surface area contributed by atoms with Crippen molar-refractivity contribution in [2.75, 3.05) is 4.90 Å². The summed E-state index contributed by atoms with van der Waals surface area (Å²) >= 11 is 0. The number of nitrogens with zero attached hydrogens (tertiary/aromatic N) is 1. The van der Waals surface area contributed by atoms with Crippen LogP contribution >= 0.6 is 0 Å². The molecular formula is C61H43N. The lowest BCUT2D eigenvalue weighted by Gasteiger charge is -2.34. The van der Waals surface area contributed by atoms with Crippen LogP contribution in [0.3, 0.4) is 0 Å². The van der Waals surface area contributed by atoms with Crippen molar-refractivity contribution in [2.24, 2.45) is 0 Å². The van der Waals surface area contributed by atoms with Gasteiger partial charge in [-0.1, -0.05) is 224 Å². The predicted molar refractivity (Wildman–Crippen MR) is 260 cm³/mol. The molecule has 0 bridgehead atoms. The van der Waals surface area contributed by atoms with E-state index in [1.165, 1.54) is 77.9 Å². The molecule has 11 rings (SSSR count). The van der Waals surface area contributed by atoms with Gasteiger partial charge in [0.2, 0.25) is 0 Å². The molecule has 1 nitrogen and oxygen atoms in total. The summed E-state index contributed by atoms with van der Waals surface area (Å²) in [4.78, 5) is 2.38. The van der Waals surface area contributed by atoms with Crippen LogP contribution in [-0.2, 0) is 5.41 Å². The Morgan fingerprint density at radius 3 is 1.18 bits per heavy atom. The Morgan fingerprint density at radius 1 is 0.242 bits per heavy atom.